The van der Waals surface area contributed by atoms with Crippen LogP contribution in [0.15, 0.2) is 47.1 Å². The maximum Gasteiger partial charge on any atom is 0.275 e. The summed E-state index contributed by atoms with van der Waals surface area (Å²) in [4.78, 5) is 17.9. The number of hydrogen-bond acceptors (Lipinski definition) is 6. The number of fused-ring (bicyclic) bond motifs is 3. The first-order valence-corrected chi connectivity index (χ1v) is 11.1. The smallest absolute Gasteiger partial charge is 0.275 e. The van der Waals surface area contributed by atoms with Crippen LogP contribution in [0.25, 0.3) is 11.3 Å². The molecule has 8 heteroatoms. The Morgan fingerprint density at radius 2 is 2.00 bits per heavy atom. The van der Waals surface area contributed by atoms with Crippen LogP contribution in [0, 0.1) is 0 Å². The van der Waals surface area contributed by atoms with E-state index in [1.54, 1.807) is 10.9 Å². The number of ether oxygens (including phenoxy) is 2. The lowest BCUT2D eigenvalue weighted by atomic mass is 10.0. The third-order valence-electron chi connectivity index (χ3n) is 6.08. The minimum absolute atomic E-state index is 0.0943. The molecule has 1 fully saturated rings. The standard InChI is InChI=1S/C24H28N4O4/c1-26-23-19-7-2-3-8-21(19)32-17-20(23)22(25-26)24(29)28(16-18-6-4-13-31-18)10-5-9-27-11-14-30-15-12-27/h2-4,6-8,13H,5,9-12,14-17H2,1H3. The zero-order valence-corrected chi connectivity index (χ0v) is 18.3. The zero-order valence-electron chi connectivity index (χ0n) is 18.3. The summed E-state index contributed by atoms with van der Waals surface area (Å²) in [5, 5.41) is 4.63. The van der Waals surface area contributed by atoms with Gasteiger partial charge in [-0.25, -0.2) is 0 Å². The topological polar surface area (TPSA) is 73.0 Å². The number of aromatic nitrogens is 2. The number of furan rings is 1. The van der Waals surface area contributed by atoms with Gasteiger partial charge in [0.15, 0.2) is 5.69 Å². The molecule has 0 unspecified atom stereocenters. The van der Waals surface area contributed by atoms with Gasteiger partial charge in [-0.15, -0.1) is 0 Å². The Bertz CT molecular complexity index is 1070. The molecule has 168 valence electrons. The molecule has 0 N–H and O–H groups in total. The lowest BCUT2D eigenvalue weighted by molar-refractivity contribution is 0.0354. The van der Waals surface area contributed by atoms with Crippen LogP contribution in [-0.4, -0.2) is 64.9 Å². The Kier molecular flexibility index (Phi) is 5.96. The lowest BCUT2D eigenvalue weighted by Crippen LogP contribution is -2.39. The number of amides is 1. The highest BCUT2D eigenvalue weighted by Crippen LogP contribution is 2.38. The fourth-order valence-electron chi connectivity index (χ4n) is 4.45. The van der Waals surface area contributed by atoms with Gasteiger partial charge >= 0.3 is 0 Å². The van der Waals surface area contributed by atoms with E-state index in [1.807, 2.05) is 48.3 Å². The van der Waals surface area contributed by atoms with E-state index in [-0.39, 0.29) is 5.91 Å². The molecule has 2 aromatic heterocycles. The van der Waals surface area contributed by atoms with Crippen molar-refractivity contribution in [2.24, 2.45) is 7.05 Å². The van der Waals surface area contributed by atoms with Gasteiger partial charge in [-0.05, 0) is 30.7 Å². The van der Waals surface area contributed by atoms with Gasteiger partial charge < -0.3 is 18.8 Å². The van der Waals surface area contributed by atoms with E-state index < -0.39 is 0 Å². The van der Waals surface area contributed by atoms with Gasteiger partial charge in [0, 0.05) is 44.4 Å². The molecule has 0 spiro atoms. The average Bonchev–Trinajstić information content (AvgIpc) is 3.46. The largest absolute Gasteiger partial charge is 0.488 e. The van der Waals surface area contributed by atoms with Crippen LogP contribution in [0.5, 0.6) is 5.75 Å². The first-order valence-electron chi connectivity index (χ1n) is 11.1. The summed E-state index contributed by atoms with van der Waals surface area (Å²) in [6, 6.07) is 11.6. The molecule has 32 heavy (non-hydrogen) atoms. The van der Waals surface area contributed by atoms with Crippen molar-refractivity contribution in [3.63, 3.8) is 0 Å². The third-order valence-corrected chi connectivity index (χ3v) is 6.08. The van der Waals surface area contributed by atoms with E-state index in [0.717, 1.165) is 67.6 Å². The second-order valence-electron chi connectivity index (χ2n) is 8.20. The summed E-state index contributed by atoms with van der Waals surface area (Å²) in [6.45, 7) is 5.74. The molecule has 0 radical (unpaired) electrons. The predicted molar refractivity (Wildman–Crippen MR) is 118 cm³/mol. The molecular weight excluding hydrogens is 408 g/mol. The molecular formula is C24H28N4O4. The molecule has 0 bridgehead atoms. The molecule has 8 nitrogen and oxygen atoms in total. The molecule has 2 aliphatic heterocycles. The molecule has 0 aliphatic carbocycles. The number of carbonyl (C=O) groups excluding carboxylic acids is 1. The van der Waals surface area contributed by atoms with Crippen molar-refractivity contribution in [2.45, 2.75) is 19.6 Å². The van der Waals surface area contributed by atoms with Gasteiger partial charge in [0.1, 0.15) is 18.1 Å². The summed E-state index contributed by atoms with van der Waals surface area (Å²) in [5.41, 5.74) is 3.21. The first kappa shape index (κ1) is 20.8. The SMILES string of the molecule is Cn1nc(C(=O)N(CCCN2CCOCC2)Cc2ccco2)c2c1-c1ccccc1OC2. The number of rotatable bonds is 7. The third kappa shape index (κ3) is 4.16. The monoisotopic (exact) mass is 436 g/mol. The summed E-state index contributed by atoms with van der Waals surface area (Å²) in [6.07, 6.45) is 2.51. The van der Waals surface area contributed by atoms with E-state index in [4.69, 9.17) is 13.9 Å². The number of nitrogens with zero attached hydrogens (tertiary/aromatic N) is 4. The highest BCUT2D eigenvalue weighted by Gasteiger charge is 2.30. The van der Waals surface area contributed by atoms with Gasteiger partial charge in [0.05, 0.1) is 31.7 Å². The number of benzene rings is 1. The van der Waals surface area contributed by atoms with Crippen molar-refractivity contribution in [3.8, 4) is 17.0 Å². The van der Waals surface area contributed by atoms with Gasteiger partial charge in [-0.1, -0.05) is 12.1 Å². The highest BCUT2D eigenvalue weighted by molar-refractivity contribution is 5.96. The molecule has 1 saturated heterocycles. The van der Waals surface area contributed by atoms with Crippen LogP contribution in [0.1, 0.15) is 28.2 Å². The van der Waals surface area contributed by atoms with Crippen LogP contribution in [0.4, 0.5) is 0 Å². The Labute approximate surface area is 187 Å². The first-order chi connectivity index (χ1) is 15.7. The molecule has 4 heterocycles. The summed E-state index contributed by atoms with van der Waals surface area (Å²) in [5.74, 6) is 1.49. The van der Waals surface area contributed by atoms with Crippen LogP contribution >= 0.6 is 0 Å². The summed E-state index contributed by atoms with van der Waals surface area (Å²) < 4.78 is 18.7. The second kappa shape index (κ2) is 9.18. The summed E-state index contributed by atoms with van der Waals surface area (Å²) >= 11 is 0. The lowest BCUT2D eigenvalue weighted by Gasteiger charge is -2.28. The number of para-hydroxylation sites is 1. The quantitative estimate of drug-likeness (QED) is 0.567. The van der Waals surface area contributed by atoms with Crippen LogP contribution in [0.3, 0.4) is 0 Å². The Hall–Kier alpha value is -3.10. The summed E-state index contributed by atoms with van der Waals surface area (Å²) in [7, 11) is 1.88. The van der Waals surface area contributed by atoms with Crippen LogP contribution < -0.4 is 4.74 Å². The second-order valence-corrected chi connectivity index (χ2v) is 8.20. The Balaban J connectivity index is 1.37. The van der Waals surface area contributed by atoms with Crippen molar-refractivity contribution in [3.05, 3.63) is 59.7 Å². The fraction of sp³-hybridized carbons (Fsp3) is 0.417. The van der Waals surface area contributed by atoms with Crippen molar-refractivity contribution in [2.75, 3.05) is 39.4 Å². The minimum Gasteiger partial charge on any atom is -0.488 e. The number of hydrogen-bond donors (Lipinski definition) is 0. The zero-order chi connectivity index (χ0) is 21.9. The number of carbonyl (C=O) groups is 1. The minimum atomic E-state index is -0.0943. The predicted octanol–water partition coefficient (Wildman–Crippen LogP) is 2.94. The van der Waals surface area contributed by atoms with Gasteiger partial charge in [0.25, 0.3) is 5.91 Å². The fourth-order valence-corrected chi connectivity index (χ4v) is 4.45. The van der Waals surface area contributed by atoms with E-state index >= 15 is 0 Å². The van der Waals surface area contributed by atoms with E-state index in [9.17, 15) is 4.79 Å². The van der Waals surface area contributed by atoms with Crippen molar-refractivity contribution in [1.29, 1.82) is 0 Å². The molecule has 5 rings (SSSR count). The van der Waals surface area contributed by atoms with Gasteiger partial charge in [0.2, 0.25) is 0 Å². The molecule has 1 aromatic carbocycles. The average molecular weight is 437 g/mol. The number of morpholine rings is 1. The van der Waals surface area contributed by atoms with E-state index in [1.165, 1.54) is 0 Å². The van der Waals surface area contributed by atoms with Crippen molar-refractivity contribution >= 4 is 5.91 Å². The van der Waals surface area contributed by atoms with Crippen molar-refractivity contribution < 1.29 is 18.7 Å². The van der Waals surface area contributed by atoms with Crippen LogP contribution in [0.2, 0.25) is 0 Å². The van der Waals surface area contributed by atoms with Crippen LogP contribution in [-0.2, 0) is 24.9 Å². The Morgan fingerprint density at radius 3 is 2.81 bits per heavy atom. The molecule has 3 aromatic rings. The molecule has 0 saturated carbocycles. The van der Waals surface area contributed by atoms with Crippen molar-refractivity contribution in [1.82, 2.24) is 19.6 Å². The maximum absolute atomic E-state index is 13.7. The van der Waals surface area contributed by atoms with Gasteiger partial charge in [-0.2, -0.15) is 5.10 Å². The normalized spacial score (nSPS) is 15.7. The molecule has 2 aliphatic rings. The number of aryl methyl sites for hydroxylation is 1. The van der Waals surface area contributed by atoms with Gasteiger partial charge in [-0.3, -0.25) is 14.4 Å². The van der Waals surface area contributed by atoms with E-state index in [0.29, 0.717) is 25.4 Å². The molecule has 0 atom stereocenters. The maximum atomic E-state index is 13.7. The van der Waals surface area contributed by atoms with E-state index in [2.05, 4.69) is 10.00 Å². The highest BCUT2D eigenvalue weighted by atomic mass is 16.5. The molecule has 1 amide bonds. The Morgan fingerprint density at radius 1 is 1.16 bits per heavy atom.